The zero-order chi connectivity index (χ0) is 11.0. The third-order valence-corrected chi connectivity index (χ3v) is 4.06. The van der Waals surface area contributed by atoms with Crippen molar-refractivity contribution in [3.8, 4) is 0 Å². The van der Waals surface area contributed by atoms with Crippen LogP contribution in [-0.4, -0.2) is 16.9 Å². The van der Waals surface area contributed by atoms with Gasteiger partial charge in [0.25, 0.3) is 0 Å². The first-order valence-corrected chi connectivity index (χ1v) is 6.01. The Labute approximate surface area is 97.8 Å². The maximum Gasteiger partial charge on any atom is 0.125 e. The molecule has 16 heavy (non-hydrogen) atoms. The molecule has 1 aliphatic heterocycles. The first-order chi connectivity index (χ1) is 7.88. The van der Waals surface area contributed by atoms with Gasteiger partial charge in [-0.05, 0) is 24.6 Å². The van der Waals surface area contributed by atoms with E-state index in [0.717, 1.165) is 21.9 Å². The van der Waals surface area contributed by atoms with Gasteiger partial charge in [0, 0.05) is 10.5 Å². The van der Waals surface area contributed by atoms with Crippen LogP contribution in [-0.2, 0) is 4.79 Å². The first kappa shape index (κ1) is 9.64. The van der Waals surface area contributed by atoms with Gasteiger partial charge in [-0.15, -0.1) is 11.8 Å². The SMILES string of the molecule is O=C=C1CC=CC2=Nc3ccccc3SC12. The Bertz CT molecular complexity index is 553. The lowest BCUT2D eigenvalue weighted by atomic mass is 10.00. The number of carbonyl (C=O) groups excluding carboxylic acids is 1. The fourth-order valence-corrected chi connectivity index (χ4v) is 3.10. The molecule has 2 aliphatic rings. The molecule has 0 N–H and O–H groups in total. The number of allylic oxidation sites excluding steroid dienone is 2. The molecule has 0 spiro atoms. The van der Waals surface area contributed by atoms with Gasteiger partial charge in [0.15, 0.2) is 0 Å². The Kier molecular flexibility index (Phi) is 2.28. The fraction of sp³-hybridized carbons (Fsp3) is 0.154. The summed E-state index contributed by atoms with van der Waals surface area (Å²) in [6.07, 6.45) is 4.68. The zero-order valence-corrected chi connectivity index (χ0v) is 9.33. The van der Waals surface area contributed by atoms with Crippen LogP contribution in [0.4, 0.5) is 5.69 Å². The molecule has 2 nitrogen and oxygen atoms in total. The van der Waals surface area contributed by atoms with Crippen molar-refractivity contribution in [3.05, 3.63) is 42.0 Å². The van der Waals surface area contributed by atoms with Gasteiger partial charge in [-0.1, -0.05) is 18.2 Å². The molecule has 1 heterocycles. The molecule has 1 aromatic carbocycles. The quantitative estimate of drug-likeness (QED) is 0.638. The van der Waals surface area contributed by atoms with E-state index < -0.39 is 0 Å². The summed E-state index contributed by atoms with van der Waals surface area (Å²) in [6.45, 7) is 0. The van der Waals surface area contributed by atoms with Gasteiger partial charge in [0.2, 0.25) is 0 Å². The van der Waals surface area contributed by atoms with E-state index in [4.69, 9.17) is 0 Å². The summed E-state index contributed by atoms with van der Waals surface area (Å²) in [6, 6.07) is 8.02. The highest BCUT2D eigenvalue weighted by atomic mass is 32.2. The van der Waals surface area contributed by atoms with Crippen LogP contribution >= 0.6 is 11.8 Å². The van der Waals surface area contributed by atoms with Crippen molar-refractivity contribution in [1.82, 2.24) is 0 Å². The molecule has 0 radical (unpaired) electrons. The lowest BCUT2D eigenvalue weighted by molar-refractivity contribution is 0.566. The van der Waals surface area contributed by atoms with Crippen LogP contribution in [0, 0.1) is 0 Å². The van der Waals surface area contributed by atoms with E-state index in [2.05, 4.69) is 4.99 Å². The number of rotatable bonds is 0. The number of fused-ring (bicyclic) bond motifs is 2. The van der Waals surface area contributed by atoms with Crippen LogP contribution in [0.2, 0.25) is 0 Å². The summed E-state index contributed by atoms with van der Waals surface area (Å²) < 4.78 is 0. The standard InChI is InChI=1S/C13H9NOS/c15-8-9-4-3-6-11-13(9)16-12-7-2-1-5-10(12)14-11/h1-3,5-7,13H,4H2. The Hall–Kier alpha value is -1.57. The van der Waals surface area contributed by atoms with Crippen LogP contribution in [0.5, 0.6) is 0 Å². The second kappa shape index (κ2) is 3.78. The molecule has 1 unspecified atom stereocenters. The van der Waals surface area contributed by atoms with Crippen molar-refractivity contribution in [2.75, 3.05) is 0 Å². The second-order valence-electron chi connectivity index (χ2n) is 3.74. The smallest absolute Gasteiger partial charge is 0.125 e. The summed E-state index contributed by atoms with van der Waals surface area (Å²) in [7, 11) is 0. The number of hydrogen-bond acceptors (Lipinski definition) is 3. The van der Waals surface area contributed by atoms with E-state index in [1.165, 1.54) is 0 Å². The van der Waals surface area contributed by atoms with Crippen molar-refractivity contribution < 1.29 is 4.79 Å². The molecule has 0 fully saturated rings. The molecule has 1 aromatic rings. The molecule has 1 aliphatic carbocycles. The monoisotopic (exact) mass is 227 g/mol. The fourth-order valence-electron chi connectivity index (χ4n) is 1.92. The van der Waals surface area contributed by atoms with Crippen molar-refractivity contribution in [2.24, 2.45) is 4.99 Å². The molecule has 0 bridgehead atoms. The van der Waals surface area contributed by atoms with E-state index in [0.29, 0.717) is 6.42 Å². The summed E-state index contributed by atoms with van der Waals surface area (Å²) >= 11 is 1.69. The van der Waals surface area contributed by atoms with Crippen molar-refractivity contribution in [1.29, 1.82) is 0 Å². The minimum atomic E-state index is 0.0670. The Morgan fingerprint density at radius 2 is 2.25 bits per heavy atom. The highest BCUT2D eigenvalue weighted by molar-refractivity contribution is 8.01. The topological polar surface area (TPSA) is 29.4 Å². The van der Waals surface area contributed by atoms with Gasteiger partial charge in [0.05, 0.1) is 16.6 Å². The summed E-state index contributed by atoms with van der Waals surface area (Å²) in [5, 5.41) is 0.0670. The Morgan fingerprint density at radius 3 is 3.12 bits per heavy atom. The summed E-state index contributed by atoms with van der Waals surface area (Å²) in [5.74, 6) is 2.05. The molecule has 3 rings (SSSR count). The van der Waals surface area contributed by atoms with E-state index in [1.807, 2.05) is 42.4 Å². The van der Waals surface area contributed by atoms with Gasteiger partial charge >= 0.3 is 0 Å². The van der Waals surface area contributed by atoms with Gasteiger partial charge in [-0.2, -0.15) is 0 Å². The second-order valence-corrected chi connectivity index (χ2v) is 4.88. The van der Waals surface area contributed by atoms with E-state index in [-0.39, 0.29) is 5.25 Å². The maximum atomic E-state index is 10.9. The number of para-hydroxylation sites is 1. The average Bonchev–Trinajstić information content (AvgIpc) is 2.35. The maximum absolute atomic E-state index is 10.9. The minimum absolute atomic E-state index is 0.0670. The van der Waals surface area contributed by atoms with Crippen LogP contribution in [0.3, 0.4) is 0 Å². The third-order valence-electron chi connectivity index (χ3n) is 2.70. The molecule has 0 amide bonds. The van der Waals surface area contributed by atoms with Gasteiger partial charge in [0.1, 0.15) is 5.94 Å². The first-order valence-electron chi connectivity index (χ1n) is 5.13. The van der Waals surface area contributed by atoms with E-state index >= 15 is 0 Å². The number of nitrogens with zero attached hydrogens (tertiary/aromatic N) is 1. The summed E-state index contributed by atoms with van der Waals surface area (Å²) in [5.41, 5.74) is 2.75. The number of thioether (sulfide) groups is 1. The molecule has 78 valence electrons. The highest BCUT2D eigenvalue weighted by Gasteiger charge is 2.28. The molecule has 0 saturated carbocycles. The lowest BCUT2D eigenvalue weighted by Gasteiger charge is -2.25. The van der Waals surface area contributed by atoms with Crippen molar-refractivity contribution in [2.45, 2.75) is 16.6 Å². The van der Waals surface area contributed by atoms with Crippen molar-refractivity contribution in [3.63, 3.8) is 0 Å². The van der Waals surface area contributed by atoms with E-state index in [1.54, 1.807) is 11.8 Å². The molecular weight excluding hydrogens is 218 g/mol. The lowest BCUT2D eigenvalue weighted by Crippen LogP contribution is -2.23. The molecule has 0 aromatic heterocycles. The number of benzene rings is 1. The predicted octanol–water partition coefficient (Wildman–Crippen LogP) is 2.95. The zero-order valence-electron chi connectivity index (χ0n) is 8.51. The third kappa shape index (κ3) is 1.45. The number of aliphatic imine (C=N–C) groups is 1. The van der Waals surface area contributed by atoms with E-state index in [9.17, 15) is 4.79 Å². The van der Waals surface area contributed by atoms with Crippen molar-refractivity contribution >= 4 is 29.1 Å². The van der Waals surface area contributed by atoms with Crippen LogP contribution in [0.15, 0.2) is 51.9 Å². The number of hydrogen-bond donors (Lipinski definition) is 0. The molecule has 1 atom stereocenters. The molecule has 0 saturated heterocycles. The molecular formula is C13H9NOS. The van der Waals surface area contributed by atoms with Crippen LogP contribution in [0.25, 0.3) is 0 Å². The Morgan fingerprint density at radius 1 is 1.38 bits per heavy atom. The summed E-state index contributed by atoms with van der Waals surface area (Å²) in [4.78, 5) is 16.6. The van der Waals surface area contributed by atoms with Gasteiger partial charge in [-0.3, -0.25) is 4.99 Å². The average molecular weight is 227 g/mol. The van der Waals surface area contributed by atoms with Crippen LogP contribution < -0.4 is 0 Å². The predicted molar refractivity (Wildman–Crippen MR) is 66.1 cm³/mol. The van der Waals surface area contributed by atoms with Gasteiger partial charge in [-0.25, -0.2) is 4.79 Å². The minimum Gasteiger partial charge on any atom is -0.251 e. The highest BCUT2D eigenvalue weighted by Crippen LogP contribution is 2.41. The molecule has 3 heteroatoms. The normalized spacial score (nSPS) is 21.9. The Balaban J connectivity index is 2.14. The largest absolute Gasteiger partial charge is 0.251 e. The van der Waals surface area contributed by atoms with Crippen LogP contribution in [0.1, 0.15) is 6.42 Å². The van der Waals surface area contributed by atoms with Gasteiger partial charge < -0.3 is 0 Å².